The first-order valence-corrected chi connectivity index (χ1v) is 5.64. The standard InChI is InChI=1S/C11H10Cl2N2O/c1-7-4-8(13)2-3-10(7)15-11-14-9(5-12)6-16-11/h2-4,6H,5H2,1H3,(H,14,15). The quantitative estimate of drug-likeness (QED) is 0.840. The summed E-state index contributed by atoms with van der Waals surface area (Å²) < 4.78 is 5.21. The van der Waals surface area contributed by atoms with Crippen molar-refractivity contribution in [2.45, 2.75) is 12.8 Å². The minimum absolute atomic E-state index is 0.338. The Kier molecular flexibility index (Phi) is 3.36. The van der Waals surface area contributed by atoms with E-state index in [0.717, 1.165) is 11.3 Å². The van der Waals surface area contributed by atoms with Gasteiger partial charge in [0, 0.05) is 10.7 Å². The van der Waals surface area contributed by atoms with Gasteiger partial charge >= 0.3 is 0 Å². The SMILES string of the molecule is Cc1cc(Cl)ccc1Nc1nc(CCl)co1. The van der Waals surface area contributed by atoms with Gasteiger partial charge in [-0.25, -0.2) is 0 Å². The number of aryl methyl sites for hydroxylation is 1. The van der Waals surface area contributed by atoms with E-state index in [1.165, 1.54) is 6.26 Å². The molecule has 2 rings (SSSR count). The second-order valence-corrected chi connectivity index (χ2v) is 4.07. The average molecular weight is 257 g/mol. The van der Waals surface area contributed by atoms with E-state index in [1.807, 2.05) is 25.1 Å². The molecule has 1 N–H and O–H groups in total. The Balaban J connectivity index is 2.20. The van der Waals surface area contributed by atoms with Crippen molar-refractivity contribution in [3.63, 3.8) is 0 Å². The van der Waals surface area contributed by atoms with Gasteiger partial charge < -0.3 is 9.73 Å². The van der Waals surface area contributed by atoms with Gasteiger partial charge in [0.05, 0.1) is 11.6 Å². The molecule has 0 atom stereocenters. The van der Waals surface area contributed by atoms with Crippen molar-refractivity contribution in [1.29, 1.82) is 0 Å². The molecule has 0 spiro atoms. The van der Waals surface area contributed by atoms with Gasteiger partial charge in [0.15, 0.2) is 0 Å². The molecule has 0 aliphatic heterocycles. The maximum absolute atomic E-state index is 5.86. The van der Waals surface area contributed by atoms with Crippen LogP contribution in [0.4, 0.5) is 11.7 Å². The van der Waals surface area contributed by atoms with E-state index < -0.39 is 0 Å². The maximum atomic E-state index is 5.86. The van der Waals surface area contributed by atoms with Crippen LogP contribution < -0.4 is 5.32 Å². The Morgan fingerprint density at radius 3 is 2.88 bits per heavy atom. The van der Waals surface area contributed by atoms with Crippen LogP contribution in [0, 0.1) is 6.92 Å². The summed E-state index contributed by atoms with van der Waals surface area (Å²) in [5.74, 6) is 0.338. The van der Waals surface area contributed by atoms with Crippen LogP contribution in [0.3, 0.4) is 0 Å². The van der Waals surface area contributed by atoms with Gasteiger partial charge in [-0.2, -0.15) is 4.98 Å². The topological polar surface area (TPSA) is 38.1 Å². The van der Waals surface area contributed by atoms with Crippen LogP contribution in [0.5, 0.6) is 0 Å². The molecular weight excluding hydrogens is 247 g/mol. The highest BCUT2D eigenvalue weighted by molar-refractivity contribution is 6.30. The number of nitrogens with one attached hydrogen (secondary N) is 1. The molecule has 2 aromatic rings. The van der Waals surface area contributed by atoms with Gasteiger partial charge in [-0.15, -0.1) is 11.6 Å². The van der Waals surface area contributed by atoms with Crippen molar-refractivity contribution in [2.24, 2.45) is 0 Å². The Labute approximate surface area is 103 Å². The molecule has 3 nitrogen and oxygen atoms in total. The predicted octanol–water partition coefficient (Wildman–Crippen LogP) is 4.12. The highest BCUT2D eigenvalue weighted by Crippen LogP contribution is 2.23. The third-order valence-corrected chi connectivity index (χ3v) is 2.63. The zero-order valence-electron chi connectivity index (χ0n) is 8.63. The molecule has 0 unspecified atom stereocenters. The van der Waals surface area contributed by atoms with Crippen molar-refractivity contribution < 1.29 is 4.42 Å². The number of aromatic nitrogens is 1. The predicted molar refractivity (Wildman–Crippen MR) is 65.5 cm³/mol. The van der Waals surface area contributed by atoms with Crippen LogP contribution >= 0.6 is 23.2 Å². The summed E-state index contributed by atoms with van der Waals surface area (Å²) in [5.41, 5.74) is 2.64. The summed E-state index contributed by atoms with van der Waals surface area (Å²) in [4.78, 5) is 4.14. The zero-order chi connectivity index (χ0) is 11.5. The van der Waals surface area contributed by atoms with E-state index in [-0.39, 0.29) is 0 Å². The number of alkyl halides is 1. The second kappa shape index (κ2) is 4.76. The lowest BCUT2D eigenvalue weighted by Crippen LogP contribution is -1.93. The molecular formula is C11H10Cl2N2O. The van der Waals surface area contributed by atoms with Crippen LogP contribution in [-0.2, 0) is 5.88 Å². The van der Waals surface area contributed by atoms with E-state index in [0.29, 0.717) is 22.6 Å². The largest absolute Gasteiger partial charge is 0.432 e. The normalized spacial score (nSPS) is 10.4. The fraction of sp³-hybridized carbons (Fsp3) is 0.182. The fourth-order valence-corrected chi connectivity index (χ4v) is 1.66. The van der Waals surface area contributed by atoms with Crippen LogP contribution in [0.15, 0.2) is 28.9 Å². The van der Waals surface area contributed by atoms with Gasteiger partial charge in [-0.1, -0.05) is 11.6 Å². The van der Waals surface area contributed by atoms with Gasteiger partial charge in [0.25, 0.3) is 6.01 Å². The molecule has 16 heavy (non-hydrogen) atoms. The van der Waals surface area contributed by atoms with Crippen LogP contribution in [0.2, 0.25) is 5.02 Å². The van der Waals surface area contributed by atoms with Crippen LogP contribution in [0.1, 0.15) is 11.3 Å². The fourth-order valence-electron chi connectivity index (χ4n) is 1.31. The molecule has 84 valence electrons. The molecule has 0 bridgehead atoms. The van der Waals surface area contributed by atoms with E-state index >= 15 is 0 Å². The van der Waals surface area contributed by atoms with Gasteiger partial charge in [-0.3, -0.25) is 0 Å². The number of hydrogen-bond acceptors (Lipinski definition) is 3. The van der Waals surface area contributed by atoms with Gasteiger partial charge in [0.1, 0.15) is 6.26 Å². The molecule has 1 heterocycles. The summed E-state index contributed by atoms with van der Waals surface area (Å²) in [6.07, 6.45) is 1.53. The minimum atomic E-state index is 0.338. The summed E-state index contributed by atoms with van der Waals surface area (Å²) >= 11 is 11.5. The third-order valence-electron chi connectivity index (χ3n) is 2.12. The van der Waals surface area contributed by atoms with Crippen LogP contribution in [-0.4, -0.2) is 4.98 Å². The van der Waals surface area contributed by atoms with Crippen LogP contribution in [0.25, 0.3) is 0 Å². The van der Waals surface area contributed by atoms with E-state index in [4.69, 9.17) is 27.6 Å². The van der Waals surface area contributed by atoms with Crippen molar-refractivity contribution in [2.75, 3.05) is 5.32 Å². The summed E-state index contributed by atoms with van der Waals surface area (Å²) in [6.45, 7) is 1.96. The van der Waals surface area contributed by atoms with E-state index in [2.05, 4.69) is 10.3 Å². The summed E-state index contributed by atoms with van der Waals surface area (Å²) in [5, 5.41) is 3.76. The summed E-state index contributed by atoms with van der Waals surface area (Å²) in [7, 11) is 0. The number of rotatable bonds is 3. The average Bonchev–Trinajstić information content (AvgIpc) is 2.70. The molecule has 0 radical (unpaired) electrons. The molecule has 0 amide bonds. The molecule has 5 heteroatoms. The molecule has 0 saturated carbocycles. The number of nitrogens with zero attached hydrogens (tertiary/aromatic N) is 1. The molecule has 0 aliphatic rings. The third kappa shape index (κ3) is 2.49. The Bertz CT molecular complexity index is 496. The number of anilines is 2. The Hall–Kier alpha value is -1.19. The Morgan fingerprint density at radius 1 is 1.44 bits per heavy atom. The van der Waals surface area contributed by atoms with E-state index in [1.54, 1.807) is 0 Å². The lowest BCUT2D eigenvalue weighted by Gasteiger charge is -2.05. The lowest BCUT2D eigenvalue weighted by molar-refractivity contribution is 0.576. The number of oxazole rings is 1. The Morgan fingerprint density at radius 2 is 2.25 bits per heavy atom. The van der Waals surface area contributed by atoms with Gasteiger partial charge in [0.2, 0.25) is 0 Å². The molecule has 0 saturated heterocycles. The highest BCUT2D eigenvalue weighted by atomic mass is 35.5. The first-order valence-electron chi connectivity index (χ1n) is 4.72. The van der Waals surface area contributed by atoms with Crippen molar-refractivity contribution >= 4 is 34.9 Å². The first-order chi connectivity index (χ1) is 7.69. The zero-order valence-corrected chi connectivity index (χ0v) is 10.1. The molecule has 0 aliphatic carbocycles. The minimum Gasteiger partial charge on any atom is -0.432 e. The number of benzene rings is 1. The van der Waals surface area contributed by atoms with E-state index in [9.17, 15) is 0 Å². The maximum Gasteiger partial charge on any atom is 0.299 e. The highest BCUT2D eigenvalue weighted by Gasteiger charge is 2.05. The molecule has 0 fully saturated rings. The number of hydrogen-bond donors (Lipinski definition) is 1. The second-order valence-electron chi connectivity index (χ2n) is 3.36. The van der Waals surface area contributed by atoms with Crippen molar-refractivity contribution in [3.8, 4) is 0 Å². The van der Waals surface area contributed by atoms with Crippen molar-refractivity contribution in [3.05, 3.63) is 40.7 Å². The molecule has 1 aromatic carbocycles. The first kappa shape index (κ1) is 11.3. The number of halogens is 2. The smallest absolute Gasteiger partial charge is 0.299 e. The summed E-state index contributed by atoms with van der Waals surface area (Å²) in [6, 6.07) is 5.99. The van der Waals surface area contributed by atoms with Crippen molar-refractivity contribution in [1.82, 2.24) is 4.98 Å². The monoisotopic (exact) mass is 256 g/mol. The lowest BCUT2D eigenvalue weighted by atomic mass is 10.2. The van der Waals surface area contributed by atoms with Gasteiger partial charge in [-0.05, 0) is 30.7 Å². The molecule has 1 aromatic heterocycles.